The fourth-order valence-electron chi connectivity index (χ4n) is 16.0. The number of hydrogen-bond donors (Lipinski definition) is 10. The highest BCUT2D eigenvalue weighted by molar-refractivity contribution is 6.27. The second kappa shape index (κ2) is 51.0. The average molecular weight is 2060 g/mol. The van der Waals surface area contributed by atoms with Gasteiger partial charge in [-0.15, -0.1) is 11.6 Å². The third-order valence-corrected chi connectivity index (χ3v) is 24.5. The lowest BCUT2D eigenvalue weighted by Gasteiger charge is -2.20. The molecule has 148 heavy (non-hydrogen) atoms. The SMILES string of the molecule is CC(C)c1cc(C(=O)NC2CC2)n(CC(=O)C[C@@H](Cc2cc(F)cc(F)c2)c2ncccc2-c2ccc(F)c(C(N)=O)c2)n1.CC(C)c1cc(C(=O)NC2CC2)n[nH]1.CC(C)c1cc(C(=O)NC2CC2)nn1CC(=O)C[C@@H](Cc1cc(F)cc(F)c1)c1ncccc1-c1ccc(F)c(C(N)=O)c1.CC(C)c1cc(C(=O)O)n[nH]1.NC(=O)c1cc(-c2cccnc2[C@@H](CC(=O)CCl)Cc2cc(F)cc(F)c2)ccc1F.NC1CC1. The van der Waals surface area contributed by atoms with Gasteiger partial charge >= 0.3 is 5.97 Å². The largest absolute Gasteiger partial charge is 0.476 e. The van der Waals surface area contributed by atoms with Crippen LogP contribution in [0.5, 0.6) is 0 Å². The number of carbonyl (C=O) groups is 10. The van der Waals surface area contributed by atoms with Crippen molar-refractivity contribution in [3.8, 4) is 33.4 Å². The summed E-state index contributed by atoms with van der Waals surface area (Å²) in [6.45, 7) is 15.5. The van der Waals surface area contributed by atoms with Crippen molar-refractivity contribution in [3.05, 3.63) is 337 Å². The number of nitrogens with zero attached hydrogens (tertiary/aromatic N) is 9. The first kappa shape index (κ1) is 111. The van der Waals surface area contributed by atoms with Gasteiger partial charge in [0.15, 0.2) is 17.3 Å². The van der Waals surface area contributed by atoms with Crippen LogP contribution in [0.15, 0.2) is 188 Å². The van der Waals surface area contributed by atoms with Crippen molar-refractivity contribution in [2.45, 2.75) is 224 Å². The normalized spacial score (nSPS) is 13.6. The average Bonchev–Trinajstić information content (AvgIpc) is 1.30. The Balaban J connectivity index is 0.000000174. The van der Waals surface area contributed by atoms with E-state index in [1.54, 1.807) is 54.6 Å². The van der Waals surface area contributed by atoms with Crippen molar-refractivity contribution in [3.63, 3.8) is 0 Å². The van der Waals surface area contributed by atoms with Gasteiger partial charge in [0.1, 0.15) is 81.8 Å². The highest BCUT2D eigenvalue weighted by Crippen LogP contribution is 2.39. The number of benzene rings is 6. The highest BCUT2D eigenvalue weighted by atomic mass is 35.5. The van der Waals surface area contributed by atoms with Crippen LogP contribution in [0.25, 0.3) is 33.4 Å². The van der Waals surface area contributed by atoms with Crippen LogP contribution in [-0.4, -0.2) is 149 Å². The zero-order valence-corrected chi connectivity index (χ0v) is 83.2. The first-order chi connectivity index (χ1) is 70.4. The van der Waals surface area contributed by atoms with E-state index in [-0.39, 0.29) is 156 Å². The standard InChI is InChI=1S/2C33H32F3N5O3.C23H18ClF3N2O2.C10H15N3O.C7H10N2O2.C3H7N/c1-18(2)30-16-29(33(44)39-24-6-7-24)40-41(30)17-25(42)13-21(10-19-11-22(34)15-23(35)12-19)31-26(4-3-9-38-31)20-5-8-28(36)27(14-20)32(37)43;1-18(2)29-16-30(33(44)39-24-6-7-24)41(40-29)17-25(42)13-21(10-19-11-22(34)15-23(35)12-19)31-26(4-3-9-38-31)20-5-8-28(36)27(14-20)32(37)43;24-12-18(30)9-15(6-13-7-16(25)11-17(26)8-13)22-19(2-1-5-29-22)14-3-4-21(27)20(10-14)23(28)31;1-6(2)8-5-9(13-12-8)10(14)11-7-3-4-7;1-4(2)5-3-6(7(10)11)9-8-5;4-3-1-2-3/h2*3-5,8-9,11-12,14-16,18,21,24H,6-7,10,13,17H2,1-2H3,(H2,37,43)(H,39,44);1-5,7-8,10-11,15H,6,9,12H2,(H2,28,31);5-7H,3-4H2,1-2H3,(H,11,14)(H,12,13);3-4H,1-2H3,(H,8,9)(H,10,11);3H,1-2,4H2/t2*21-;15-;;;/m111.../s1. The minimum atomic E-state index is -0.992. The number of aromatic nitrogens is 11. The summed E-state index contributed by atoms with van der Waals surface area (Å²) < 4.78 is 129. The second-order valence-electron chi connectivity index (χ2n) is 38.0. The number of H-pyrrole nitrogens is 2. The Morgan fingerprint density at radius 1 is 0.399 bits per heavy atom. The Labute approximate surface area is 852 Å². The molecular formula is C109H114ClF9N18O11. The maximum atomic E-state index is 14.3. The molecule has 17 rings (SSSR count). The molecule has 29 nitrogen and oxygen atoms in total. The molecule has 4 aliphatic rings. The van der Waals surface area contributed by atoms with Gasteiger partial charge < -0.3 is 44.0 Å². The number of ketones is 3. The molecule has 7 aromatic heterocycles. The number of carboxylic acids is 1. The summed E-state index contributed by atoms with van der Waals surface area (Å²) in [4.78, 5) is 136. The van der Waals surface area contributed by atoms with Crippen LogP contribution >= 0.6 is 11.6 Å². The number of primary amides is 3. The molecule has 0 aliphatic heterocycles. The van der Waals surface area contributed by atoms with Crippen molar-refractivity contribution in [1.29, 1.82) is 0 Å². The minimum absolute atomic E-state index is 0.0183. The molecule has 0 bridgehead atoms. The molecule has 13 aromatic rings. The zero-order chi connectivity index (χ0) is 107. The number of pyridine rings is 3. The first-order valence-corrected chi connectivity index (χ1v) is 48.7. The highest BCUT2D eigenvalue weighted by Gasteiger charge is 2.34. The van der Waals surface area contributed by atoms with Crippen LogP contribution in [0.2, 0.25) is 0 Å². The Morgan fingerprint density at radius 2 is 0.736 bits per heavy atom. The molecule has 0 spiro atoms. The molecule has 6 aromatic carbocycles. The molecule has 3 atom stereocenters. The number of aromatic carboxylic acids is 1. The van der Waals surface area contributed by atoms with E-state index in [4.69, 9.17) is 39.6 Å². The lowest BCUT2D eigenvalue weighted by molar-refractivity contribution is -0.121. The third-order valence-electron chi connectivity index (χ3n) is 24.3. The number of amides is 6. The fraction of sp³-hybridized carbons (Fsp3) is 0.330. The molecule has 4 fully saturated rings. The number of hydrogen-bond acceptors (Lipinski definition) is 18. The molecule has 0 radical (unpaired) electrons. The van der Waals surface area contributed by atoms with Gasteiger partial charge in [0.25, 0.3) is 35.4 Å². The maximum absolute atomic E-state index is 14.3. The molecule has 4 saturated carbocycles. The Kier molecular flexibility index (Phi) is 38.4. The molecule has 0 unspecified atom stereocenters. The van der Waals surface area contributed by atoms with Gasteiger partial charge in [0, 0.05) is 132 Å². The number of aromatic amines is 2. The molecule has 7 heterocycles. The molecule has 4 aliphatic carbocycles. The van der Waals surface area contributed by atoms with E-state index in [1.807, 2.05) is 47.6 Å². The van der Waals surface area contributed by atoms with Crippen LogP contribution in [0.1, 0.15) is 297 Å². The van der Waals surface area contributed by atoms with Crippen molar-refractivity contribution in [1.82, 2.24) is 70.9 Å². The monoisotopic (exact) mass is 2060 g/mol. The van der Waals surface area contributed by atoms with Crippen molar-refractivity contribution in [2.75, 3.05) is 5.88 Å². The maximum Gasteiger partial charge on any atom is 0.356 e. The number of alkyl halides is 1. The number of halogens is 10. The number of rotatable bonds is 37. The van der Waals surface area contributed by atoms with Gasteiger partial charge in [-0.25, -0.2) is 44.3 Å². The van der Waals surface area contributed by atoms with E-state index >= 15 is 0 Å². The van der Waals surface area contributed by atoms with Gasteiger partial charge in [-0.3, -0.25) is 77.7 Å². The van der Waals surface area contributed by atoms with Crippen molar-refractivity contribution in [2.24, 2.45) is 22.9 Å². The van der Waals surface area contributed by atoms with Crippen LogP contribution in [-0.2, 0) is 46.7 Å². The molecule has 6 amide bonds. The lowest BCUT2D eigenvalue weighted by atomic mass is 9.86. The topological polar surface area (TPSA) is 463 Å². The number of carboxylic acid groups (broad SMARTS) is 1. The summed E-state index contributed by atoms with van der Waals surface area (Å²) in [7, 11) is 0. The smallest absolute Gasteiger partial charge is 0.356 e. The minimum Gasteiger partial charge on any atom is -0.476 e. The predicted molar refractivity (Wildman–Crippen MR) is 536 cm³/mol. The van der Waals surface area contributed by atoms with Gasteiger partial charge in [-0.05, 0) is 243 Å². The predicted octanol–water partition coefficient (Wildman–Crippen LogP) is 18.5. The number of nitrogens with two attached hydrogens (primary N) is 4. The van der Waals surface area contributed by atoms with E-state index in [2.05, 4.69) is 75.3 Å². The summed E-state index contributed by atoms with van der Waals surface area (Å²) in [5, 5.41) is 39.3. The Morgan fingerprint density at radius 3 is 1.05 bits per heavy atom. The quantitative estimate of drug-likeness (QED) is 0.0128. The third kappa shape index (κ3) is 32.3. The second-order valence-corrected chi connectivity index (χ2v) is 38.3. The van der Waals surface area contributed by atoms with Crippen molar-refractivity contribution < 1.29 is 92.6 Å². The van der Waals surface area contributed by atoms with Gasteiger partial charge in [-0.1, -0.05) is 91.8 Å². The molecule has 776 valence electrons. The number of Topliss-reactive ketones (excluding diaryl/α,β-unsaturated/α-hetero) is 3. The van der Waals surface area contributed by atoms with E-state index in [9.17, 15) is 87.5 Å². The molecule has 39 heteroatoms. The summed E-state index contributed by atoms with van der Waals surface area (Å²) in [5.41, 5.74) is 29.7. The van der Waals surface area contributed by atoms with E-state index in [0.717, 1.165) is 86.3 Å². The van der Waals surface area contributed by atoms with E-state index in [0.29, 0.717) is 102 Å². The fourth-order valence-corrected chi connectivity index (χ4v) is 16.1. The van der Waals surface area contributed by atoms with E-state index in [1.165, 1.54) is 114 Å². The first-order valence-electron chi connectivity index (χ1n) is 48.2. The lowest BCUT2D eigenvalue weighted by Crippen LogP contribution is -2.29. The molecular weight excluding hydrogens is 1940 g/mol. The van der Waals surface area contributed by atoms with Crippen LogP contribution in [0, 0.1) is 52.4 Å². The van der Waals surface area contributed by atoms with Crippen LogP contribution in [0.3, 0.4) is 0 Å². The zero-order valence-electron chi connectivity index (χ0n) is 82.4. The summed E-state index contributed by atoms with van der Waals surface area (Å²) in [6.07, 6.45) is 12.9. The van der Waals surface area contributed by atoms with Gasteiger partial charge in [0.2, 0.25) is 0 Å². The van der Waals surface area contributed by atoms with Crippen LogP contribution < -0.4 is 38.9 Å². The number of carbonyl (C=O) groups excluding carboxylic acids is 9. The van der Waals surface area contributed by atoms with Gasteiger partial charge in [-0.2, -0.15) is 20.4 Å². The summed E-state index contributed by atoms with van der Waals surface area (Å²) in [5.74, 6) is -13.6. The Bertz CT molecular complexity index is 6950. The van der Waals surface area contributed by atoms with Crippen LogP contribution in [0.4, 0.5) is 39.5 Å². The molecule has 14 N–H and O–H groups in total. The van der Waals surface area contributed by atoms with E-state index < -0.39 is 93.8 Å². The van der Waals surface area contributed by atoms with Crippen molar-refractivity contribution >= 4 is 70.4 Å². The number of nitrogens with one attached hydrogen (secondary N) is 5. The Hall–Kier alpha value is -15.5. The molecule has 0 saturated heterocycles. The summed E-state index contributed by atoms with van der Waals surface area (Å²) in [6, 6.07) is 39.1. The summed E-state index contributed by atoms with van der Waals surface area (Å²) >= 11 is 5.68. The van der Waals surface area contributed by atoms with Gasteiger partial charge in [0.05, 0.1) is 51.9 Å².